The molecule has 23 heavy (non-hydrogen) atoms. The highest BCUT2D eigenvalue weighted by molar-refractivity contribution is 7.90. The lowest BCUT2D eigenvalue weighted by atomic mass is 10.1. The molecule has 0 saturated heterocycles. The summed E-state index contributed by atoms with van der Waals surface area (Å²) in [5.74, 6) is 0.786. The molecule has 3 rings (SSSR count). The van der Waals surface area contributed by atoms with Crippen LogP contribution in [0.1, 0.15) is 28.2 Å². The molecule has 1 N–H and O–H groups in total. The van der Waals surface area contributed by atoms with Gasteiger partial charge in [0.05, 0.1) is 4.90 Å². The van der Waals surface area contributed by atoms with Crippen LogP contribution < -0.4 is 5.32 Å². The SMILES string of the molecule is Cc1ccc(C(=O)NC2CCc3nccn3C2)cc1S(C)(=O)=O. The standard InChI is InChI=1S/C16H19N3O3S/c1-11-3-4-12(9-14(11)23(2,21)22)16(20)18-13-5-6-15-17-7-8-19(15)10-13/h3-4,7-9,13H,5-6,10H2,1-2H3,(H,18,20). The Hall–Kier alpha value is -2.15. The summed E-state index contributed by atoms with van der Waals surface area (Å²) < 4.78 is 25.6. The Kier molecular flexibility index (Phi) is 3.97. The van der Waals surface area contributed by atoms with Crippen LogP contribution in [0.25, 0.3) is 0 Å². The fourth-order valence-corrected chi connectivity index (χ4v) is 3.89. The number of nitrogens with one attached hydrogen (secondary N) is 1. The van der Waals surface area contributed by atoms with Crippen molar-refractivity contribution in [3.8, 4) is 0 Å². The lowest BCUT2D eigenvalue weighted by Crippen LogP contribution is -2.40. The summed E-state index contributed by atoms with van der Waals surface area (Å²) in [6.07, 6.45) is 6.46. The zero-order valence-electron chi connectivity index (χ0n) is 13.1. The van der Waals surface area contributed by atoms with E-state index in [0.717, 1.165) is 24.9 Å². The van der Waals surface area contributed by atoms with Crippen molar-refractivity contribution in [1.82, 2.24) is 14.9 Å². The summed E-state index contributed by atoms with van der Waals surface area (Å²) >= 11 is 0. The van der Waals surface area contributed by atoms with Gasteiger partial charge in [0.15, 0.2) is 9.84 Å². The number of sulfone groups is 1. The third kappa shape index (κ3) is 3.29. The fourth-order valence-electron chi connectivity index (χ4n) is 2.89. The molecule has 1 aliphatic rings. The van der Waals surface area contributed by atoms with E-state index in [1.54, 1.807) is 25.3 Å². The molecule has 0 fully saturated rings. The molecular formula is C16H19N3O3S. The third-order valence-corrected chi connectivity index (χ3v) is 5.36. The molecule has 1 unspecified atom stereocenters. The van der Waals surface area contributed by atoms with E-state index in [1.165, 1.54) is 6.07 Å². The van der Waals surface area contributed by atoms with Gasteiger partial charge in [-0.2, -0.15) is 0 Å². The highest BCUT2D eigenvalue weighted by Crippen LogP contribution is 2.18. The Labute approximate surface area is 135 Å². The molecule has 0 bridgehead atoms. The van der Waals surface area contributed by atoms with Gasteiger partial charge >= 0.3 is 0 Å². The monoisotopic (exact) mass is 333 g/mol. The molecule has 0 radical (unpaired) electrons. The lowest BCUT2D eigenvalue weighted by Gasteiger charge is -2.24. The number of fused-ring (bicyclic) bond motifs is 1. The smallest absolute Gasteiger partial charge is 0.251 e. The topological polar surface area (TPSA) is 81.1 Å². The van der Waals surface area contributed by atoms with Gasteiger partial charge in [-0.05, 0) is 31.0 Å². The molecule has 1 aliphatic heterocycles. The van der Waals surface area contributed by atoms with Gasteiger partial charge in [-0.25, -0.2) is 13.4 Å². The third-order valence-electron chi connectivity index (χ3n) is 4.12. The predicted molar refractivity (Wildman–Crippen MR) is 86.1 cm³/mol. The zero-order chi connectivity index (χ0) is 16.6. The molecule has 6 nitrogen and oxygen atoms in total. The Balaban J connectivity index is 1.77. The van der Waals surface area contributed by atoms with Crippen LogP contribution in [0.4, 0.5) is 0 Å². The van der Waals surface area contributed by atoms with Gasteiger partial charge in [0, 0.05) is 43.2 Å². The Morgan fingerprint density at radius 1 is 1.39 bits per heavy atom. The average molecular weight is 333 g/mol. The minimum atomic E-state index is -3.35. The van der Waals surface area contributed by atoms with E-state index >= 15 is 0 Å². The first-order chi connectivity index (χ1) is 10.8. The molecule has 2 heterocycles. The predicted octanol–water partition coefficient (Wildman–Crippen LogP) is 1.34. The summed E-state index contributed by atoms with van der Waals surface area (Å²) in [4.78, 5) is 16.9. The normalized spacial score (nSPS) is 17.6. The number of amides is 1. The van der Waals surface area contributed by atoms with Gasteiger partial charge in [0.2, 0.25) is 0 Å². The molecule has 1 aromatic heterocycles. The number of carbonyl (C=O) groups is 1. The quantitative estimate of drug-likeness (QED) is 0.919. The van der Waals surface area contributed by atoms with E-state index in [4.69, 9.17) is 0 Å². The maximum absolute atomic E-state index is 12.4. The number of aryl methyl sites for hydroxylation is 2. The van der Waals surface area contributed by atoms with Crippen molar-refractivity contribution in [2.75, 3.05) is 6.26 Å². The number of nitrogens with zero attached hydrogens (tertiary/aromatic N) is 2. The van der Waals surface area contributed by atoms with Crippen LogP contribution in [0.15, 0.2) is 35.5 Å². The summed E-state index contributed by atoms with van der Waals surface area (Å²) in [6.45, 7) is 2.41. The lowest BCUT2D eigenvalue weighted by molar-refractivity contribution is 0.0927. The van der Waals surface area contributed by atoms with E-state index in [1.807, 2.05) is 10.8 Å². The second-order valence-corrected chi connectivity index (χ2v) is 7.94. The van der Waals surface area contributed by atoms with Crippen molar-refractivity contribution in [2.24, 2.45) is 0 Å². The summed E-state index contributed by atoms with van der Waals surface area (Å²) in [5.41, 5.74) is 1.01. The summed E-state index contributed by atoms with van der Waals surface area (Å²) in [6, 6.07) is 4.79. The van der Waals surface area contributed by atoms with Gasteiger partial charge < -0.3 is 9.88 Å². The Morgan fingerprint density at radius 3 is 2.91 bits per heavy atom. The van der Waals surface area contributed by atoms with Crippen molar-refractivity contribution in [2.45, 2.75) is 37.2 Å². The maximum atomic E-state index is 12.4. The summed E-state index contributed by atoms with van der Waals surface area (Å²) in [7, 11) is -3.35. The van der Waals surface area contributed by atoms with Crippen LogP contribution in [-0.4, -0.2) is 36.2 Å². The number of hydrogen-bond donors (Lipinski definition) is 1. The number of aromatic nitrogens is 2. The number of benzene rings is 1. The van der Waals surface area contributed by atoms with Gasteiger partial charge in [0.25, 0.3) is 5.91 Å². The second-order valence-electron chi connectivity index (χ2n) is 5.96. The Bertz CT molecular complexity index is 855. The van der Waals surface area contributed by atoms with Gasteiger partial charge in [-0.1, -0.05) is 6.07 Å². The van der Waals surface area contributed by atoms with Crippen molar-refractivity contribution in [3.63, 3.8) is 0 Å². The van der Waals surface area contributed by atoms with Crippen LogP contribution in [0.3, 0.4) is 0 Å². The van der Waals surface area contributed by atoms with Crippen LogP contribution in [0, 0.1) is 6.92 Å². The van der Waals surface area contributed by atoms with Crippen molar-refractivity contribution >= 4 is 15.7 Å². The molecule has 7 heteroatoms. The first-order valence-electron chi connectivity index (χ1n) is 7.46. The number of rotatable bonds is 3. The van der Waals surface area contributed by atoms with E-state index in [-0.39, 0.29) is 16.8 Å². The number of carbonyl (C=O) groups excluding carboxylic acids is 1. The van der Waals surface area contributed by atoms with Gasteiger partial charge in [0.1, 0.15) is 5.82 Å². The van der Waals surface area contributed by atoms with Crippen LogP contribution in [0.2, 0.25) is 0 Å². The molecule has 2 aromatic rings. The first kappa shape index (κ1) is 15.7. The summed E-state index contributed by atoms with van der Waals surface area (Å²) in [5, 5.41) is 2.98. The maximum Gasteiger partial charge on any atom is 0.251 e. The van der Waals surface area contributed by atoms with Crippen LogP contribution in [0.5, 0.6) is 0 Å². The molecular weight excluding hydrogens is 314 g/mol. The van der Waals surface area contributed by atoms with E-state index in [9.17, 15) is 13.2 Å². The molecule has 0 spiro atoms. The minimum absolute atomic E-state index is 0.0205. The average Bonchev–Trinajstić information content (AvgIpc) is 2.94. The largest absolute Gasteiger partial charge is 0.347 e. The van der Waals surface area contributed by atoms with Crippen molar-refractivity contribution in [1.29, 1.82) is 0 Å². The minimum Gasteiger partial charge on any atom is -0.347 e. The molecule has 1 atom stereocenters. The van der Waals surface area contributed by atoms with Gasteiger partial charge in [-0.15, -0.1) is 0 Å². The molecule has 0 saturated carbocycles. The number of hydrogen-bond acceptors (Lipinski definition) is 4. The molecule has 122 valence electrons. The van der Waals surface area contributed by atoms with Crippen LogP contribution in [-0.2, 0) is 22.8 Å². The highest BCUT2D eigenvalue weighted by atomic mass is 32.2. The zero-order valence-corrected chi connectivity index (χ0v) is 13.9. The Morgan fingerprint density at radius 2 is 2.17 bits per heavy atom. The van der Waals surface area contributed by atoms with E-state index in [0.29, 0.717) is 17.7 Å². The first-order valence-corrected chi connectivity index (χ1v) is 9.35. The highest BCUT2D eigenvalue weighted by Gasteiger charge is 2.21. The van der Waals surface area contributed by atoms with Crippen molar-refractivity contribution in [3.05, 3.63) is 47.5 Å². The van der Waals surface area contributed by atoms with E-state index < -0.39 is 9.84 Å². The molecule has 1 aromatic carbocycles. The van der Waals surface area contributed by atoms with Crippen molar-refractivity contribution < 1.29 is 13.2 Å². The van der Waals surface area contributed by atoms with E-state index in [2.05, 4.69) is 10.3 Å². The molecule has 0 aliphatic carbocycles. The fraction of sp³-hybridized carbons (Fsp3) is 0.375. The second kappa shape index (κ2) is 5.81. The molecule has 1 amide bonds. The number of imidazole rings is 1. The van der Waals surface area contributed by atoms with Gasteiger partial charge in [-0.3, -0.25) is 4.79 Å². The van der Waals surface area contributed by atoms with Crippen LogP contribution >= 0.6 is 0 Å².